The zero-order chi connectivity index (χ0) is 12.6. The summed E-state index contributed by atoms with van der Waals surface area (Å²) in [6, 6.07) is 0. The maximum Gasteiger partial charge on any atom is 0.135 e. The van der Waals surface area contributed by atoms with Crippen LogP contribution in [-0.2, 0) is 14.2 Å². The van der Waals surface area contributed by atoms with E-state index < -0.39 is 18.7 Å². The van der Waals surface area contributed by atoms with E-state index in [0.717, 1.165) is 4.90 Å². The average molecular weight is 239 g/mol. The molecule has 0 aliphatic heterocycles. The molecule has 0 rings (SSSR count). The summed E-state index contributed by atoms with van der Waals surface area (Å²) < 4.78 is 14.2. The molecule has 0 spiro atoms. The molecule has 0 aliphatic rings. The third-order valence-electron chi connectivity index (χ3n) is 1.98. The van der Waals surface area contributed by atoms with Crippen molar-refractivity contribution in [3.05, 3.63) is 0 Å². The van der Waals surface area contributed by atoms with E-state index in [4.69, 9.17) is 14.2 Å². The van der Waals surface area contributed by atoms with E-state index >= 15 is 0 Å². The van der Waals surface area contributed by atoms with E-state index in [1.165, 1.54) is 21.3 Å². The van der Waals surface area contributed by atoms with Crippen LogP contribution < -0.4 is 0 Å². The molecule has 0 heterocycles. The summed E-state index contributed by atoms with van der Waals surface area (Å²) in [7, 11) is 4.23. The molecular formula is C9H21NO6. The van der Waals surface area contributed by atoms with E-state index in [1.807, 2.05) is 0 Å². The fraction of sp³-hybridized carbons (Fsp3) is 1.00. The van der Waals surface area contributed by atoms with Gasteiger partial charge in [-0.05, 0) is 0 Å². The minimum absolute atomic E-state index is 0.0401. The zero-order valence-electron chi connectivity index (χ0n) is 9.87. The van der Waals surface area contributed by atoms with Gasteiger partial charge in [0.25, 0.3) is 0 Å². The molecule has 0 aliphatic carbocycles. The van der Waals surface area contributed by atoms with Gasteiger partial charge >= 0.3 is 0 Å². The summed E-state index contributed by atoms with van der Waals surface area (Å²) in [6.07, 6.45) is -3.42. The predicted octanol–water partition coefficient (Wildman–Crippen LogP) is -1.82. The second-order valence-corrected chi connectivity index (χ2v) is 3.26. The molecule has 0 fully saturated rings. The van der Waals surface area contributed by atoms with Gasteiger partial charge in [0, 0.05) is 21.3 Å². The van der Waals surface area contributed by atoms with Crippen LogP contribution in [0.5, 0.6) is 0 Å². The van der Waals surface area contributed by atoms with Crippen LogP contribution in [0.25, 0.3) is 0 Å². The minimum Gasteiger partial charge on any atom is -0.381 e. The number of hydrogen-bond acceptors (Lipinski definition) is 7. The first-order valence-corrected chi connectivity index (χ1v) is 4.86. The van der Waals surface area contributed by atoms with E-state index in [0.29, 0.717) is 0 Å². The Morgan fingerprint density at radius 3 is 1.19 bits per heavy atom. The van der Waals surface area contributed by atoms with Crippen molar-refractivity contribution in [2.24, 2.45) is 0 Å². The molecule has 3 unspecified atom stereocenters. The minimum atomic E-state index is -1.14. The summed E-state index contributed by atoms with van der Waals surface area (Å²) in [4.78, 5) is 1.05. The fourth-order valence-electron chi connectivity index (χ4n) is 1.30. The summed E-state index contributed by atoms with van der Waals surface area (Å²) >= 11 is 0. The molecule has 0 aromatic heterocycles. The lowest BCUT2D eigenvalue weighted by Crippen LogP contribution is -2.54. The highest BCUT2D eigenvalue weighted by Crippen LogP contribution is 2.08. The molecule has 3 atom stereocenters. The number of methoxy groups -OCH3 is 3. The molecule has 3 N–H and O–H groups in total. The second-order valence-electron chi connectivity index (χ2n) is 3.26. The summed E-state index contributed by atoms with van der Waals surface area (Å²) in [5.41, 5.74) is 0. The number of rotatable bonds is 9. The van der Waals surface area contributed by atoms with Crippen molar-refractivity contribution in [2.45, 2.75) is 18.7 Å². The molecule has 0 bridgehead atoms. The van der Waals surface area contributed by atoms with Gasteiger partial charge in [-0.25, -0.2) is 4.90 Å². The van der Waals surface area contributed by atoms with Crippen LogP contribution in [0.1, 0.15) is 0 Å². The first-order chi connectivity index (χ1) is 7.58. The molecule has 16 heavy (non-hydrogen) atoms. The van der Waals surface area contributed by atoms with Gasteiger partial charge in [-0.1, -0.05) is 0 Å². The van der Waals surface area contributed by atoms with Gasteiger partial charge in [0.05, 0.1) is 19.8 Å². The summed E-state index contributed by atoms with van der Waals surface area (Å²) in [5.74, 6) is 0. The molecule has 0 saturated heterocycles. The number of hydrogen-bond donors (Lipinski definition) is 3. The first-order valence-electron chi connectivity index (χ1n) is 4.86. The SMILES string of the molecule is COCC(O)N(C(O)COC)C(O)COC. The molecular weight excluding hydrogens is 218 g/mol. The van der Waals surface area contributed by atoms with Crippen LogP contribution in [0.4, 0.5) is 0 Å². The summed E-state index contributed by atoms with van der Waals surface area (Å²) in [6.45, 7) is -0.120. The van der Waals surface area contributed by atoms with Crippen molar-refractivity contribution in [1.82, 2.24) is 4.90 Å². The average Bonchev–Trinajstić information content (AvgIpc) is 2.19. The highest BCUT2D eigenvalue weighted by atomic mass is 16.5. The number of nitrogens with zero attached hydrogens (tertiary/aromatic N) is 1. The monoisotopic (exact) mass is 239 g/mol. The van der Waals surface area contributed by atoms with E-state index in [9.17, 15) is 15.3 Å². The quantitative estimate of drug-likeness (QED) is 0.408. The summed E-state index contributed by atoms with van der Waals surface area (Å²) in [5, 5.41) is 29.0. The van der Waals surface area contributed by atoms with Crippen molar-refractivity contribution in [2.75, 3.05) is 41.2 Å². The van der Waals surface area contributed by atoms with Gasteiger partial charge in [-0.3, -0.25) is 0 Å². The van der Waals surface area contributed by atoms with Crippen molar-refractivity contribution in [3.8, 4) is 0 Å². The van der Waals surface area contributed by atoms with Crippen molar-refractivity contribution in [1.29, 1.82) is 0 Å². The van der Waals surface area contributed by atoms with Crippen molar-refractivity contribution in [3.63, 3.8) is 0 Å². The van der Waals surface area contributed by atoms with Crippen LogP contribution in [0.15, 0.2) is 0 Å². The smallest absolute Gasteiger partial charge is 0.135 e. The van der Waals surface area contributed by atoms with Gasteiger partial charge in [-0.2, -0.15) is 0 Å². The molecule has 98 valence electrons. The van der Waals surface area contributed by atoms with E-state index in [1.54, 1.807) is 0 Å². The third kappa shape index (κ3) is 5.17. The Morgan fingerprint density at radius 1 is 0.750 bits per heavy atom. The molecule has 7 heteroatoms. The largest absolute Gasteiger partial charge is 0.381 e. The van der Waals surface area contributed by atoms with Gasteiger partial charge < -0.3 is 29.5 Å². The van der Waals surface area contributed by atoms with E-state index in [-0.39, 0.29) is 19.8 Å². The first kappa shape index (κ1) is 15.7. The van der Waals surface area contributed by atoms with Crippen LogP contribution in [0, 0.1) is 0 Å². The van der Waals surface area contributed by atoms with E-state index in [2.05, 4.69) is 0 Å². The third-order valence-corrected chi connectivity index (χ3v) is 1.98. The highest BCUT2D eigenvalue weighted by Gasteiger charge is 2.29. The Balaban J connectivity index is 4.47. The highest BCUT2D eigenvalue weighted by molar-refractivity contribution is 4.68. The molecule has 0 aromatic rings. The number of aliphatic hydroxyl groups is 3. The lowest BCUT2D eigenvalue weighted by molar-refractivity contribution is -0.212. The maximum absolute atomic E-state index is 9.67. The standard InChI is InChI=1S/C9H21NO6/c1-14-4-7(11)10(8(12)5-15-2)9(13)6-16-3/h7-9,11-13H,4-6H2,1-3H3. The van der Waals surface area contributed by atoms with Crippen LogP contribution >= 0.6 is 0 Å². The molecule has 0 aromatic carbocycles. The van der Waals surface area contributed by atoms with Crippen LogP contribution in [-0.4, -0.2) is 80.1 Å². The molecule has 0 saturated carbocycles. The van der Waals surface area contributed by atoms with Gasteiger partial charge in [0.1, 0.15) is 18.7 Å². The Hall–Kier alpha value is -0.280. The van der Waals surface area contributed by atoms with Crippen molar-refractivity contribution < 1.29 is 29.5 Å². The number of ether oxygens (including phenoxy) is 3. The lowest BCUT2D eigenvalue weighted by atomic mass is 10.3. The Bertz CT molecular complexity index is 142. The lowest BCUT2D eigenvalue weighted by Gasteiger charge is -2.34. The predicted molar refractivity (Wildman–Crippen MR) is 55.5 cm³/mol. The van der Waals surface area contributed by atoms with Crippen LogP contribution in [0.2, 0.25) is 0 Å². The molecule has 0 amide bonds. The maximum atomic E-state index is 9.67. The van der Waals surface area contributed by atoms with Gasteiger partial charge in [-0.15, -0.1) is 0 Å². The topological polar surface area (TPSA) is 91.6 Å². The molecule has 7 nitrogen and oxygen atoms in total. The van der Waals surface area contributed by atoms with Gasteiger partial charge in [0.15, 0.2) is 0 Å². The zero-order valence-corrected chi connectivity index (χ0v) is 9.87. The van der Waals surface area contributed by atoms with Gasteiger partial charge in [0.2, 0.25) is 0 Å². The Kier molecular flexibility index (Phi) is 8.67. The fourth-order valence-corrected chi connectivity index (χ4v) is 1.30. The Labute approximate surface area is 95.1 Å². The van der Waals surface area contributed by atoms with Crippen molar-refractivity contribution >= 4 is 0 Å². The second kappa shape index (κ2) is 8.82. The normalized spacial score (nSPS) is 17.4. The Morgan fingerprint density at radius 2 is 1.00 bits per heavy atom. The molecule has 0 radical (unpaired) electrons. The number of aliphatic hydroxyl groups excluding tert-OH is 3. The van der Waals surface area contributed by atoms with Crippen LogP contribution in [0.3, 0.4) is 0 Å².